The molecule has 1 atom stereocenters. The first-order valence-electron chi connectivity index (χ1n) is 6.66. The topological polar surface area (TPSA) is 29.1 Å². The Hall–Kier alpha value is -1.87. The molecule has 1 N–H and O–H groups in total. The SMILES string of the molecule is Cc1cc(F)ccc1C(=O)NC(C)(CCl)c1ccccc1. The predicted molar refractivity (Wildman–Crippen MR) is 83.1 cm³/mol. The standard InChI is InChI=1S/C17H17ClFNO/c1-12-10-14(19)8-9-15(12)16(21)20-17(2,11-18)13-6-4-3-5-7-13/h3-10H,11H2,1-2H3,(H,20,21). The van der Waals surface area contributed by atoms with Gasteiger partial charge in [-0.2, -0.15) is 0 Å². The van der Waals surface area contributed by atoms with Gasteiger partial charge in [-0.25, -0.2) is 4.39 Å². The van der Waals surface area contributed by atoms with Crippen molar-refractivity contribution in [2.45, 2.75) is 19.4 Å². The molecule has 0 spiro atoms. The largest absolute Gasteiger partial charge is 0.342 e. The van der Waals surface area contributed by atoms with Crippen LogP contribution in [-0.4, -0.2) is 11.8 Å². The molecule has 0 heterocycles. The lowest BCUT2D eigenvalue weighted by Gasteiger charge is -2.29. The smallest absolute Gasteiger partial charge is 0.252 e. The van der Waals surface area contributed by atoms with Gasteiger partial charge in [-0.15, -0.1) is 11.6 Å². The molecule has 0 aliphatic carbocycles. The minimum atomic E-state index is -0.680. The summed E-state index contributed by atoms with van der Waals surface area (Å²) in [6.07, 6.45) is 0. The fourth-order valence-electron chi connectivity index (χ4n) is 2.19. The molecule has 2 rings (SSSR count). The maximum absolute atomic E-state index is 13.1. The Bertz CT molecular complexity index is 644. The van der Waals surface area contributed by atoms with Crippen LogP contribution in [0.15, 0.2) is 48.5 Å². The van der Waals surface area contributed by atoms with Gasteiger partial charge in [0.2, 0.25) is 0 Å². The van der Waals surface area contributed by atoms with E-state index in [0.717, 1.165) is 5.56 Å². The number of carbonyl (C=O) groups is 1. The summed E-state index contributed by atoms with van der Waals surface area (Å²) in [7, 11) is 0. The molecular formula is C17H17ClFNO. The number of carbonyl (C=O) groups excluding carboxylic acids is 1. The van der Waals surface area contributed by atoms with E-state index < -0.39 is 5.54 Å². The van der Waals surface area contributed by atoms with Crippen LogP contribution < -0.4 is 5.32 Å². The fraction of sp³-hybridized carbons (Fsp3) is 0.235. The normalized spacial score (nSPS) is 13.5. The summed E-state index contributed by atoms with van der Waals surface area (Å²) in [4.78, 5) is 12.4. The number of benzene rings is 2. The van der Waals surface area contributed by atoms with Crippen molar-refractivity contribution in [3.8, 4) is 0 Å². The number of hydrogen-bond donors (Lipinski definition) is 1. The minimum absolute atomic E-state index is 0.239. The summed E-state index contributed by atoms with van der Waals surface area (Å²) in [5, 5.41) is 2.94. The second-order valence-electron chi connectivity index (χ2n) is 5.25. The van der Waals surface area contributed by atoms with E-state index in [0.29, 0.717) is 11.1 Å². The minimum Gasteiger partial charge on any atom is -0.342 e. The lowest BCUT2D eigenvalue weighted by atomic mass is 9.93. The molecule has 0 aliphatic rings. The average Bonchev–Trinajstić information content (AvgIpc) is 2.47. The van der Waals surface area contributed by atoms with Gasteiger partial charge in [0, 0.05) is 11.4 Å². The maximum Gasteiger partial charge on any atom is 0.252 e. The molecule has 4 heteroatoms. The summed E-state index contributed by atoms with van der Waals surface area (Å²) < 4.78 is 13.1. The van der Waals surface area contributed by atoms with Crippen LogP contribution in [0.2, 0.25) is 0 Å². The number of hydrogen-bond acceptors (Lipinski definition) is 1. The summed E-state index contributed by atoms with van der Waals surface area (Å²) in [5.41, 5.74) is 1.29. The second-order valence-corrected chi connectivity index (χ2v) is 5.51. The third kappa shape index (κ3) is 3.42. The van der Waals surface area contributed by atoms with Gasteiger partial charge in [-0.05, 0) is 43.2 Å². The average molecular weight is 306 g/mol. The quantitative estimate of drug-likeness (QED) is 0.849. The first-order chi connectivity index (χ1) is 9.96. The van der Waals surface area contributed by atoms with Gasteiger partial charge in [0.1, 0.15) is 5.82 Å². The molecule has 1 amide bonds. The van der Waals surface area contributed by atoms with Crippen molar-refractivity contribution >= 4 is 17.5 Å². The van der Waals surface area contributed by atoms with Crippen molar-refractivity contribution in [3.05, 3.63) is 71.0 Å². The molecule has 0 saturated heterocycles. The van der Waals surface area contributed by atoms with Crippen molar-refractivity contribution in [1.82, 2.24) is 5.32 Å². The van der Waals surface area contributed by atoms with Crippen molar-refractivity contribution < 1.29 is 9.18 Å². The van der Waals surface area contributed by atoms with E-state index in [1.165, 1.54) is 18.2 Å². The molecular weight excluding hydrogens is 289 g/mol. The third-order valence-corrected chi connectivity index (χ3v) is 4.04. The van der Waals surface area contributed by atoms with Crippen molar-refractivity contribution in [3.63, 3.8) is 0 Å². The molecule has 2 aromatic rings. The van der Waals surface area contributed by atoms with Crippen LogP contribution in [0.3, 0.4) is 0 Å². The highest BCUT2D eigenvalue weighted by atomic mass is 35.5. The number of alkyl halides is 1. The maximum atomic E-state index is 13.1. The third-order valence-electron chi connectivity index (χ3n) is 3.50. The predicted octanol–water partition coefficient (Wildman–Crippen LogP) is 4.02. The van der Waals surface area contributed by atoms with Gasteiger partial charge >= 0.3 is 0 Å². The van der Waals surface area contributed by atoms with E-state index >= 15 is 0 Å². The highest BCUT2D eigenvalue weighted by Crippen LogP contribution is 2.23. The molecule has 2 nitrogen and oxygen atoms in total. The zero-order valence-electron chi connectivity index (χ0n) is 12.0. The van der Waals surface area contributed by atoms with Crippen LogP contribution in [0.5, 0.6) is 0 Å². The molecule has 110 valence electrons. The van der Waals surface area contributed by atoms with Gasteiger partial charge in [-0.1, -0.05) is 30.3 Å². The van der Waals surface area contributed by atoms with E-state index in [9.17, 15) is 9.18 Å². The molecule has 2 aromatic carbocycles. The van der Waals surface area contributed by atoms with E-state index in [4.69, 9.17) is 11.6 Å². The number of halogens is 2. The van der Waals surface area contributed by atoms with E-state index in [2.05, 4.69) is 5.32 Å². The Kier molecular flexibility index (Phi) is 4.63. The number of rotatable bonds is 4. The molecule has 0 bridgehead atoms. The highest BCUT2D eigenvalue weighted by molar-refractivity contribution is 6.19. The van der Waals surface area contributed by atoms with Crippen molar-refractivity contribution in [2.24, 2.45) is 0 Å². The van der Waals surface area contributed by atoms with Crippen molar-refractivity contribution in [2.75, 3.05) is 5.88 Å². The fourth-order valence-corrected chi connectivity index (χ4v) is 2.41. The van der Waals surface area contributed by atoms with Crippen LogP contribution in [0.25, 0.3) is 0 Å². The molecule has 0 fully saturated rings. The van der Waals surface area contributed by atoms with Crippen LogP contribution in [-0.2, 0) is 5.54 Å². The lowest BCUT2D eigenvalue weighted by Crippen LogP contribution is -2.45. The molecule has 1 unspecified atom stereocenters. The lowest BCUT2D eigenvalue weighted by molar-refractivity contribution is 0.0912. The molecule has 0 aliphatic heterocycles. The molecule has 0 aromatic heterocycles. The molecule has 0 radical (unpaired) electrons. The highest BCUT2D eigenvalue weighted by Gasteiger charge is 2.28. The Balaban J connectivity index is 2.28. The van der Waals surface area contributed by atoms with E-state index in [1.54, 1.807) is 6.92 Å². The number of nitrogens with one attached hydrogen (secondary N) is 1. The summed E-state index contributed by atoms with van der Waals surface area (Å²) in [5.74, 6) is -0.380. The van der Waals surface area contributed by atoms with Crippen LogP contribution in [0, 0.1) is 12.7 Å². The zero-order chi connectivity index (χ0) is 15.5. The summed E-state index contributed by atoms with van der Waals surface area (Å²) >= 11 is 6.07. The zero-order valence-corrected chi connectivity index (χ0v) is 12.7. The Morgan fingerprint density at radius 1 is 1.24 bits per heavy atom. The van der Waals surface area contributed by atoms with Gasteiger partial charge < -0.3 is 5.32 Å². The van der Waals surface area contributed by atoms with Crippen LogP contribution in [0.1, 0.15) is 28.4 Å². The summed E-state index contributed by atoms with van der Waals surface area (Å²) in [6, 6.07) is 13.6. The summed E-state index contributed by atoms with van der Waals surface area (Å²) in [6.45, 7) is 3.57. The number of aryl methyl sites for hydroxylation is 1. The first-order valence-corrected chi connectivity index (χ1v) is 7.20. The van der Waals surface area contributed by atoms with Gasteiger partial charge in [0.05, 0.1) is 5.54 Å². The Labute approximate surface area is 128 Å². The van der Waals surface area contributed by atoms with E-state index in [1.807, 2.05) is 37.3 Å². The molecule has 21 heavy (non-hydrogen) atoms. The monoisotopic (exact) mass is 305 g/mol. The van der Waals surface area contributed by atoms with Gasteiger partial charge in [0.25, 0.3) is 5.91 Å². The van der Waals surface area contributed by atoms with Crippen molar-refractivity contribution in [1.29, 1.82) is 0 Å². The van der Waals surface area contributed by atoms with Gasteiger partial charge in [-0.3, -0.25) is 4.79 Å². The first kappa shape index (κ1) is 15.5. The van der Waals surface area contributed by atoms with Gasteiger partial charge in [0.15, 0.2) is 0 Å². The number of amides is 1. The second kappa shape index (κ2) is 6.27. The Morgan fingerprint density at radius 2 is 1.90 bits per heavy atom. The van der Waals surface area contributed by atoms with E-state index in [-0.39, 0.29) is 17.6 Å². The van der Waals surface area contributed by atoms with Crippen LogP contribution in [0.4, 0.5) is 4.39 Å². The van der Waals surface area contributed by atoms with Crippen LogP contribution >= 0.6 is 11.6 Å². The Morgan fingerprint density at radius 3 is 2.48 bits per heavy atom. The molecule has 0 saturated carbocycles.